The standard InChI is InChI=1S/C3H8O5S.Na.H/c1-3-7-9(4,5)8-6-2;;/h3H2,1-2H3;;/q;+1;-1. The second-order valence-electron chi connectivity index (χ2n) is 1.05. The summed E-state index contributed by atoms with van der Waals surface area (Å²) in [6.45, 7) is 1.56. The van der Waals surface area contributed by atoms with E-state index in [1.807, 2.05) is 0 Å². The monoisotopic (exact) mass is 180 g/mol. The van der Waals surface area contributed by atoms with E-state index < -0.39 is 10.4 Å². The topological polar surface area (TPSA) is 61.8 Å². The molecule has 0 radical (unpaired) electrons. The largest absolute Gasteiger partial charge is 1.00 e. The summed E-state index contributed by atoms with van der Waals surface area (Å²) in [6, 6.07) is 0. The van der Waals surface area contributed by atoms with E-state index >= 15 is 0 Å². The molecule has 0 aromatic carbocycles. The molecular formula is C3H9NaO5S. The van der Waals surface area contributed by atoms with Gasteiger partial charge in [-0.15, -0.1) is 0 Å². The Morgan fingerprint density at radius 3 is 2.30 bits per heavy atom. The van der Waals surface area contributed by atoms with Crippen molar-refractivity contribution in [3.8, 4) is 0 Å². The van der Waals surface area contributed by atoms with E-state index in [1.165, 1.54) is 6.92 Å². The average molecular weight is 180 g/mol. The Bertz CT molecular complexity index is 145. The van der Waals surface area contributed by atoms with Gasteiger partial charge < -0.3 is 1.43 Å². The normalized spacial score (nSPS) is 10.6. The number of hydrogen-bond donors (Lipinski definition) is 0. The molecule has 0 atom stereocenters. The van der Waals surface area contributed by atoms with E-state index in [-0.39, 0.29) is 37.6 Å². The van der Waals surface area contributed by atoms with Crippen LogP contribution in [0.4, 0.5) is 0 Å². The van der Waals surface area contributed by atoms with Crippen LogP contribution in [0.25, 0.3) is 0 Å². The van der Waals surface area contributed by atoms with Crippen molar-refractivity contribution in [3.63, 3.8) is 0 Å². The molecular weight excluding hydrogens is 171 g/mol. The van der Waals surface area contributed by atoms with Crippen LogP contribution in [0, 0.1) is 0 Å². The molecule has 0 saturated heterocycles. The Kier molecular flexibility index (Phi) is 8.77. The molecule has 0 rings (SSSR count). The first-order valence-electron chi connectivity index (χ1n) is 2.24. The van der Waals surface area contributed by atoms with Gasteiger partial charge in [0.1, 0.15) is 0 Å². The maximum absolute atomic E-state index is 10.3. The second-order valence-corrected chi connectivity index (χ2v) is 2.24. The van der Waals surface area contributed by atoms with Gasteiger partial charge in [0.25, 0.3) is 0 Å². The SMILES string of the molecule is CCOS(=O)(=O)OOC.[H-].[Na+]. The molecule has 0 unspecified atom stereocenters. The van der Waals surface area contributed by atoms with Gasteiger partial charge in [0, 0.05) is 0 Å². The van der Waals surface area contributed by atoms with Gasteiger partial charge >= 0.3 is 40.0 Å². The summed E-state index contributed by atoms with van der Waals surface area (Å²) in [4.78, 5) is 3.85. The summed E-state index contributed by atoms with van der Waals surface area (Å²) in [7, 11) is -2.82. The molecule has 0 aromatic rings. The van der Waals surface area contributed by atoms with Crippen molar-refractivity contribution in [2.75, 3.05) is 13.7 Å². The molecule has 0 bridgehead atoms. The van der Waals surface area contributed by atoms with Crippen molar-refractivity contribution in [2.24, 2.45) is 0 Å². The summed E-state index contributed by atoms with van der Waals surface area (Å²) in [5.74, 6) is 0. The van der Waals surface area contributed by atoms with Crippen molar-refractivity contribution in [1.29, 1.82) is 0 Å². The van der Waals surface area contributed by atoms with Gasteiger partial charge in [0.05, 0.1) is 13.7 Å². The van der Waals surface area contributed by atoms with Crippen LogP contribution in [-0.2, 0) is 23.8 Å². The Morgan fingerprint density at radius 1 is 1.50 bits per heavy atom. The molecule has 0 aromatic heterocycles. The number of hydrogen-bond acceptors (Lipinski definition) is 5. The third-order valence-corrected chi connectivity index (χ3v) is 1.24. The average Bonchev–Trinajstić information content (AvgIpc) is 1.64. The molecule has 0 heterocycles. The fourth-order valence-corrected chi connectivity index (χ4v) is 0.742. The predicted octanol–water partition coefficient (Wildman–Crippen LogP) is -3.04. The molecule has 7 heteroatoms. The molecule has 0 amide bonds. The van der Waals surface area contributed by atoms with E-state index in [1.54, 1.807) is 0 Å². The molecule has 0 N–H and O–H groups in total. The molecule has 58 valence electrons. The Hall–Kier alpha value is 0.830. The predicted molar refractivity (Wildman–Crippen MR) is 29.8 cm³/mol. The summed E-state index contributed by atoms with van der Waals surface area (Å²) < 4.78 is 28.3. The van der Waals surface area contributed by atoms with Gasteiger partial charge in [-0.3, -0.25) is 0 Å². The minimum atomic E-state index is -3.90. The quantitative estimate of drug-likeness (QED) is 0.261. The summed E-state index contributed by atoms with van der Waals surface area (Å²) in [6.07, 6.45) is 0. The van der Waals surface area contributed by atoms with Gasteiger partial charge in [0.15, 0.2) is 0 Å². The Morgan fingerprint density at radius 2 is 2.00 bits per heavy atom. The van der Waals surface area contributed by atoms with Crippen molar-refractivity contribution in [3.05, 3.63) is 0 Å². The summed E-state index contributed by atoms with van der Waals surface area (Å²) in [5, 5.41) is 0. The summed E-state index contributed by atoms with van der Waals surface area (Å²) >= 11 is 0. The Balaban J connectivity index is -0.000000320. The van der Waals surface area contributed by atoms with Crippen molar-refractivity contribution >= 4 is 10.4 Å². The second kappa shape index (κ2) is 6.53. The van der Waals surface area contributed by atoms with Gasteiger partial charge in [0.2, 0.25) is 0 Å². The minimum Gasteiger partial charge on any atom is -1.00 e. The van der Waals surface area contributed by atoms with Crippen LogP contribution in [0.3, 0.4) is 0 Å². The fourth-order valence-electron chi connectivity index (χ4n) is 0.247. The molecule has 5 nitrogen and oxygen atoms in total. The number of rotatable bonds is 4. The van der Waals surface area contributed by atoms with Gasteiger partial charge in [-0.05, 0) is 6.92 Å². The molecule has 0 fully saturated rings. The first-order valence-corrected chi connectivity index (χ1v) is 3.57. The zero-order chi connectivity index (χ0) is 7.33. The van der Waals surface area contributed by atoms with E-state index in [9.17, 15) is 8.42 Å². The van der Waals surface area contributed by atoms with E-state index in [2.05, 4.69) is 13.4 Å². The van der Waals surface area contributed by atoms with Crippen molar-refractivity contribution in [1.82, 2.24) is 0 Å². The molecule has 0 aliphatic rings. The zero-order valence-corrected chi connectivity index (χ0v) is 8.97. The van der Waals surface area contributed by atoms with Crippen LogP contribution in [0.2, 0.25) is 0 Å². The third-order valence-electron chi connectivity index (χ3n) is 0.414. The fraction of sp³-hybridized carbons (Fsp3) is 1.00. The van der Waals surface area contributed by atoms with Crippen LogP contribution >= 0.6 is 0 Å². The maximum Gasteiger partial charge on any atom is 1.00 e. The summed E-state index contributed by atoms with van der Waals surface area (Å²) in [5.41, 5.74) is 0. The Labute approximate surface area is 83.7 Å². The van der Waals surface area contributed by atoms with Gasteiger partial charge in [-0.2, -0.15) is 8.42 Å². The first kappa shape index (κ1) is 13.4. The molecule has 0 spiro atoms. The van der Waals surface area contributed by atoms with Crippen LogP contribution < -0.4 is 29.6 Å². The van der Waals surface area contributed by atoms with Gasteiger partial charge in [-0.1, -0.05) is 4.33 Å². The molecule has 10 heavy (non-hydrogen) atoms. The van der Waals surface area contributed by atoms with E-state index in [4.69, 9.17) is 0 Å². The third kappa shape index (κ3) is 6.94. The molecule has 0 aliphatic heterocycles. The van der Waals surface area contributed by atoms with E-state index in [0.717, 1.165) is 7.11 Å². The first-order chi connectivity index (χ1) is 4.12. The smallest absolute Gasteiger partial charge is 1.00 e. The molecule has 0 aliphatic carbocycles. The van der Waals surface area contributed by atoms with Crippen LogP contribution in [0.15, 0.2) is 0 Å². The van der Waals surface area contributed by atoms with Crippen LogP contribution in [0.1, 0.15) is 8.35 Å². The van der Waals surface area contributed by atoms with Crippen molar-refractivity contribution < 1.29 is 52.8 Å². The maximum atomic E-state index is 10.3. The van der Waals surface area contributed by atoms with Gasteiger partial charge in [-0.25, -0.2) is 9.07 Å². The molecule has 0 saturated carbocycles. The zero-order valence-electron chi connectivity index (χ0n) is 7.16. The minimum absolute atomic E-state index is 0. The van der Waals surface area contributed by atoms with Crippen LogP contribution in [-0.4, -0.2) is 22.1 Å². The van der Waals surface area contributed by atoms with E-state index in [0.29, 0.717) is 0 Å². The van der Waals surface area contributed by atoms with Crippen LogP contribution in [0.5, 0.6) is 0 Å². The van der Waals surface area contributed by atoms with Crippen molar-refractivity contribution in [2.45, 2.75) is 6.92 Å².